The third-order valence-electron chi connectivity index (χ3n) is 1.19. The van der Waals surface area contributed by atoms with Gasteiger partial charge in [-0.25, -0.2) is 0 Å². The SMILES string of the molecule is CCOCCSC[C@@H](N)C(=O)O.Cl. The molecule has 0 aliphatic rings. The van der Waals surface area contributed by atoms with Crippen molar-refractivity contribution in [1.82, 2.24) is 0 Å². The van der Waals surface area contributed by atoms with Gasteiger partial charge in [0.05, 0.1) is 6.61 Å². The number of aliphatic carboxylic acids is 1. The van der Waals surface area contributed by atoms with Crippen molar-refractivity contribution in [1.29, 1.82) is 0 Å². The molecule has 0 aromatic heterocycles. The molecule has 1 atom stereocenters. The highest BCUT2D eigenvalue weighted by atomic mass is 35.5. The summed E-state index contributed by atoms with van der Waals surface area (Å²) in [5.74, 6) is 0.302. The molecule has 3 N–H and O–H groups in total. The highest BCUT2D eigenvalue weighted by Crippen LogP contribution is 2.01. The number of ether oxygens (including phenoxy) is 1. The molecular weight excluding hydrogens is 214 g/mol. The lowest BCUT2D eigenvalue weighted by atomic mass is 10.4. The van der Waals surface area contributed by atoms with Gasteiger partial charge in [0.25, 0.3) is 0 Å². The van der Waals surface area contributed by atoms with E-state index in [2.05, 4.69) is 0 Å². The maximum Gasteiger partial charge on any atom is 0.321 e. The highest BCUT2D eigenvalue weighted by molar-refractivity contribution is 7.99. The van der Waals surface area contributed by atoms with Crippen LogP contribution in [0, 0.1) is 0 Å². The Labute approximate surface area is 88.6 Å². The van der Waals surface area contributed by atoms with Gasteiger partial charge in [-0.1, -0.05) is 0 Å². The highest BCUT2D eigenvalue weighted by Gasteiger charge is 2.09. The minimum Gasteiger partial charge on any atom is -0.480 e. The van der Waals surface area contributed by atoms with E-state index in [1.165, 1.54) is 11.8 Å². The summed E-state index contributed by atoms with van der Waals surface area (Å²) in [5, 5.41) is 8.42. The molecule has 0 fully saturated rings. The first-order chi connectivity index (χ1) is 5.68. The Morgan fingerprint density at radius 2 is 2.31 bits per heavy atom. The molecule has 0 heterocycles. The van der Waals surface area contributed by atoms with Crippen molar-refractivity contribution in [3.8, 4) is 0 Å². The fraction of sp³-hybridized carbons (Fsp3) is 0.857. The Morgan fingerprint density at radius 3 is 2.77 bits per heavy atom. The summed E-state index contributed by atoms with van der Waals surface area (Å²) < 4.78 is 5.07. The molecule has 0 aliphatic carbocycles. The average molecular weight is 230 g/mol. The number of nitrogens with two attached hydrogens (primary N) is 1. The molecule has 0 amide bonds. The zero-order chi connectivity index (χ0) is 9.40. The predicted molar refractivity (Wildman–Crippen MR) is 56.7 cm³/mol. The van der Waals surface area contributed by atoms with E-state index < -0.39 is 12.0 Å². The molecule has 0 rings (SSSR count). The van der Waals surface area contributed by atoms with Gasteiger partial charge in [-0.15, -0.1) is 12.4 Å². The molecule has 0 aromatic rings. The number of rotatable bonds is 7. The summed E-state index contributed by atoms with van der Waals surface area (Å²) in [4.78, 5) is 10.2. The van der Waals surface area contributed by atoms with Gasteiger partial charge in [-0.05, 0) is 6.92 Å². The summed E-state index contributed by atoms with van der Waals surface area (Å²) in [7, 11) is 0. The molecule has 13 heavy (non-hydrogen) atoms. The molecule has 0 aromatic carbocycles. The van der Waals surface area contributed by atoms with Crippen LogP contribution in [-0.4, -0.2) is 41.8 Å². The van der Waals surface area contributed by atoms with Crippen molar-refractivity contribution in [2.75, 3.05) is 24.7 Å². The van der Waals surface area contributed by atoms with Gasteiger partial charge in [0.2, 0.25) is 0 Å². The first kappa shape index (κ1) is 15.5. The standard InChI is InChI=1S/C7H15NO3S.ClH/c1-2-11-3-4-12-5-6(8)7(9)10;/h6H,2-5,8H2,1H3,(H,9,10);1H/t6-;/m1./s1. The number of halogens is 1. The molecule has 0 saturated heterocycles. The number of thioether (sulfide) groups is 1. The number of carboxylic acid groups (broad SMARTS) is 1. The molecule has 0 saturated carbocycles. The average Bonchev–Trinajstić information content (AvgIpc) is 2.03. The van der Waals surface area contributed by atoms with Gasteiger partial charge in [0.15, 0.2) is 0 Å². The zero-order valence-electron chi connectivity index (χ0n) is 7.56. The van der Waals surface area contributed by atoms with Crippen molar-refractivity contribution in [3.05, 3.63) is 0 Å². The maximum atomic E-state index is 10.2. The van der Waals surface area contributed by atoms with E-state index in [4.69, 9.17) is 15.6 Å². The number of hydrogen-bond donors (Lipinski definition) is 2. The summed E-state index contributed by atoms with van der Waals surface area (Å²) in [6.45, 7) is 3.28. The molecule has 0 aliphatic heterocycles. The van der Waals surface area contributed by atoms with Gasteiger partial charge in [-0.2, -0.15) is 11.8 Å². The van der Waals surface area contributed by atoms with E-state index in [0.29, 0.717) is 19.0 Å². The molecule has 0 unspecified atom stereocenters. The first-order valence-electron chi connectivity index (χ1n) is 3.82. The van der Waals surface area contributed by atoms with Crippen LogP contribution in [0.2, 0.25) is 0 Å². The Balaban J connectivity index is 0. The fourth-order valence-corrected chi connectivity index (χ4v) is 1.34. The van der Waals surface area contributed by atoms with Crippen LogP contribution in [0.15, 0.2) is 0 Å². The van der Waals surface area contributed by atoms with Crippen LogP contribution in [0.3, 0.4) is 0 Å². The van der Waals surface area contributed by atoms with Gasteiger partial charge >= 0.3 is 5.97 Å². The second-order valence-corrected chi connectivity index (χ2v) is 3.37. The van der Waals surface area contributed by atoms with Crippen LogP contribution in [-0.2, 0) is 9.53 Å². The quantitative estimate of drug-likeness (QED) is 0.626. The monoisotopic (exact) mass is 229 g/mol. The molecule has 4 nitrogen and oxygen atoms in total. The summed E-state index contributed by atoms with van der Waals surface area (Å²) in [6, 6.07) is -0.753. The van der Waals surface area contributed by atoms with Crippen LogP contribution < -0.4 is 5.73 Å². The molecule has 0 spiro atoms. The van der Waals surface area contributed by atoms with Gasteiger partial charge < -0.3 is 15.6 Å². The lowest BCUT2D eigenvalue weighted by Crippen LogP contribution is -2.32. The lowest BCUT2D eigenvalue weighted by Gasteiger charge is -2.05. The van der Waals surface area contributed by atoms with Crippen LogP contribution >= 0.6 is 24.2 Å². The third kappa shape index (κ3) is 9.95. The Bertz CT molecular complexity index is 137. The van der Waals surface area contributed by atoms with Crippen molar-refractivity contribution in [3.63, 3.8) is 0 Å². The minimum atomic E-state index is -0.945. The molecular formula is C7H16ClNO3S. The Kier molecular flexibility index (Phi) is 12.1. The minimum absolute atomic E-state index is 0. The van der Waals surface area contributed by atoms with Crippen molar-refractivity contribution in [2.45, 2.75) is 13.0 Å². The van der Waals surface area contributed by atoms with Crippen LogP contribution in [0.4, 0.5) is 0 Å². The van der Waals surface area contributed by atoms with Crippen LogP contribution in [0.1, 0.15) is 6.92 Å². The molecule has 6 heteroatoms. The second-order valence-electron chi connectivity index (χ2n) is 2.22. The first-order valence-corrected chi connectivity index (χ1v) is 4.97. The van der Waals surface area contributed by atoms with Crippen LogP contribution in [0.25, 0.3) is 0 Å². The van der Waals surface area contributed by atoms with E-state index in [-0.39, 0.29) is 12.4 Å². The predicted octanol–water partition coefficient (Wildman–Crippen LogP) is 0.590. The van der Waals surface area contributed by atoms with E-state index >= 15 is 0 Å². The zero-order valence-corrected chi connectivity index (χ0v) is 9.20. The molecule has 0 bridgehead atoms. The summed E-state index contributed by atoms with van der Waals surface area (Å²) in [6.07, 6.45) is 0. The topological polar surface area (TPSA) is 72.5 Å². The van der Waals surface area contributed by atoms with E-state index in [1.54, 1.807) is 0 Å². The molecule has 80 valence electrons. The molecule has 0 radical (unpaired) electrons. The van der Waals surface area contributed by atoms with Crippen LogP contribution in [0.5, 0.6) is 0 Å². The Hall–Kier alpha value is 0.0300. The van der Waals surface area contributed by atoms with Gasteiger partial charge in [0, 0.05) is 18.1 Å². The third-order valence-corrected chi connectivity index (χ3v) is 2.24. The normalized spacial score (nSPS) is 11.8. The second kappa shape index (κ2) is 10.1. The summed E-state index contributed by atoms with van der Waals surface area (Å²) >= 11 is 1.50. The van der Waals surface area contributed by atoms with Crippen molar-refractivity contribution in [2.24, 2.45) is 5.73 Å². The summed E-state index contributed by atoms with van der Waals surface area (Å²) in [5.41, 5.74) is 5.27. The van der Waals surface area contributed by atoms with E-state index in [9.17, 15) is 4.79 Å². The van der Waals surface area contributed by atoms with E-state index in [1.807, 2.05) is 6.92 Å². The van der Waals surface area contributed by atoms with Crippen molar-refractivity contribution >= 4 is 30.1 Å². The number of carboxylic acids is 1. The Morgan fingerprint density at radius 1 is 1.69 bits per heavy atom. The smallest absolute Gasteiger partial charge is 0.321 e. The number of carbonyl (C=O) groups is 1. The van der Waals surface area contributed by atoms with Gasteiger partial charge in [-0.3, -0.25) is 4.79 Å². The lowest BCUT2D eigenvalue weighted by molar-refractivity contribution is -0.137. The van der Waals surface area contributed by atoms with Crippen molar-refractivity contribution < 1.29 is 14.6 Å². The number of hydrogen-bond acceptors (Lipinski definition) is 4. The van der Waals surface area contributed by atoms with Gasteiger partial charge in [0.1, 0.15) is 6.04 Å². The fourth-order valence-electron chi connectivity index (χ4n) is 0.544. The largest absolute Gasteiger partial charge is 0.480 e. The maximum absolute atomic E-state index is 10.2. The van der Waals surface area contributed by atoms with E-state index in [0.717, 1.165) is 5.75 Å².